The van der Waals surface area contributed by atoms with Crippen molar-refractivity contribution in [3.05, 3.63) is 71.6 Å². The first-order valence-electron chi connectivity index (χ1n) is 6.81. The molecular formula is C17H17N3O2. The lowest BCUT2D eigenvalue weighted by molar-refractivity contribution is -0.132. The number of aromatic nitrogens is 2. The van der Waals surface area contributed by atoms with Gasteiger partial charge in [-0.3, -0.25) is 0 Å². The van der Waals surface area contributed by atoms with Crippen LogP contribution in [-0.4, -0.2) is 27.6 Å². The molecule has 2 aromatic rings. The van der Waals surface area contributed by atoms with Crippen molar-refractivity contribution in [2.45, 2.75) is 13.3 Å². The molecule has 0 saturated heterocycles. The van der Waals surface area contributed by atoms with E-state index in [4.69, 9.17) is 5.11 Å². The van der Waals surface area contributed by atoms with E-state index in [-0.39, 0.29) is 5.57 Å². The highest BCUT2D eigenvalue weighted by Crippen LogP contribution is 2.16. The number of hydrogen-bond acceptors (Lipinski definition) is 3. The van der Waals surface area contributed by atoms with Gasteiger partial charge in [0.1, 0.15) is 0 Å². The molecule has 2 rings (SSSR count). The van der Waals surface area contributed by atoms with Crippen molar-refractivity contribution in [2.24, 2.45) is 4.99 Å². The lowest BCUT2D eigenvalue weighted by Gasteiger charge is -2.08. The van der Waals surface area contributed by atoms with Gasteiger partial charge in [0, 0.05) is 12.6 Å². The molecule has 0 fully saturated rings. The van der Waals surface area contributed by atoms with Crippen LogP contribution >= 0.6 is 0 Å². The summed E-state index contributed by atoms with van der Waals surface area (Å²) in [6.07, 6.45) is 5.30. The summed E-state index contributed by atoms with van der Waals surface area (Å²) in [5, 5.41) is 13.3. The number of carboxylic acids is 1. The molecule has 22 heavy (non-hydrogen) atoms. The van der Waals surface area contributed by atoms with E-state index in [0.29, 0.717) is 12.2 Å². The molecule has 1 aromatic heterocycles. The largest absolute Gasteiger partial charge is 0.478 e. The molecule has 0 aliphatic heterocycles. The van der Waals surface area contributed by atoms with E-state index in [1.165, 1.54) is 12.2 Å². The molecule has 0 bridgehead atoms. The van der Waals surface area contributed by atoms with Gasteiger partial charge in [-0.1, -0.05) is 36.4 Å². The first-order valence-corrected chi connectivity index (χ1v) is 6.81. The second kappa shape index (κ2) is 7.17. The fourth-order valence-electron chi connectivity index (χ4n) is 2.06. The van der Waals surface area contributed by atoms with Gasteiger partial charge in [0.05, 0.1) is 11.3 Å². The summed E-state index contributed by atoms with van der Waals surface area (Å²) >= 11 is 0. The molecular weight excluding hydrogens is 278 g/mol. The van der Waals surface area contributed by atoms with Crippen molar-refractivity contribution in [1.29, 1.82) is 0 Å². The van der Waals surface area contributed by atoms with Gasteiger partial charge in [0.25, 0.3) is 0 Å². The van der Waals surface area contributed by atoms with Crippen LogP contribution in [0.4, 0.5) is 0 Å². The zero-order valence-corrected chi connectivity index (χ0v) is 12.3. The Morgan fingerprint density at radius 1 is 1.36 bits per heavy atom. The lowest BCUT2D eigenvalue weighted by atomic mass is 10.1. The van der Waals surface area contributed by atoms with Crippen LogP contribution in [0, 0.1) is 0 Å². The van der Waals surface area contributed by atoms with Crippen LogP contribution in [0.5, 0.6) is 0 Å². The van der Waals surface area contributed by atoms with Crippen LogP contribution in [0.15, 0.2) is 65.3 Å². The van der Waals surface area contributed by atoms with E-state index in [0.717, 1.165) is 11.3 Å². The summed E-state index contributed by atoms with van der Waals surface area (Å²) in [7, 11) is 0. The molecule has 0 unspecified atom stereocenters. The van der Waals surface area contributed by atoms with Crippen molar-refractivity contribution < 1.29 is 9.90 Å². The second-order valence-corrected chi connectivity index (χ2v) is 4.61. The lowest BCUT2D eigenvalue weighted by Crippen LogP contribution is -2.06. The minimum atomic E-state index is -1.01. The van der Waals surface area contributed by atoms with Crippen molar-refractivity contribution in [3.63, 3.8) is 0 Å². The molecule has 0 spiro atoms. The molecule has 5 nitrogen and oxygen atoms in total. The van der Waals surface area contributed by atoms with Crippen molar-refractivity contribution >= 4 is 18.5 Å². The van der Waals surface area contributed by atoms with Gasteiger partial charge >= 0.3 is 5.97 Å². The number of benzene rings is 1. The molecule has 0 aliphatic carbocycles. The fraction of sp³-hybridized carbons (Fsp3) is 0.118. The van der Waals surface area contributed by atoms with Gasteiger partial charge in [-0.15, -0.1) is 0 Å². The molecule has 0 atom stereocenters. The van der Waals surface area contributed by atoms with Crippen LogP contribution in [0.25, 0.3) is 5.82 Å². The molecule has 0 saturated carbocycles. The standard InChI is InChI=1S/C17H17N3O2/c1-3-14(17(21)22)12-16(18-2)20-15(9-10-19-20)11-13-7-5-4-6-8-13/h3-10,12H,2,11H2,1H3,(H,21,22)/b14-3+,16-12+. The van der Waals surface area contributed by atoms with E-state index in [2.05, 4.69) is 16.8 Å². The van der Waals surface area contributed by atoms with Gasteiger partial charge in [-0.05, 0) is 31.3 Å². The third-order valence-corrected chi connectivity index (χ3v) is 3.17. The summed E-state index contributed by atoms with van der Waals surface area (Å²) in [4.78, 5) is 15.0. The molecule has 0 aliphatic rings. The third-order valence-electron chi connectivity index (χ3n) is 3.17. The smallest absolute Gasteiger partial charge is 0.335 e. The highest BCUT2D eigenvalue weighted by molar-refractivity contribution is 5.91. The SMILES string of the molecule is C=N/C(=C\C(=C/C)C(=O)O)n1nccc1Cc1ccccc1. The highest BCUT2D eigenvalue weighted by atomic mass is 16.4. The number of aliphatic imine (C=N–C) groups is 1. The normalized spacial score (nSPS) is 12.2. The number of aliphatic carboxylic acids is 1. The highest BCUT2D eigenvalue weighted by Gasteiger charge is 2.10. The second-order valence-electron chi connectivity index (χ2n) is 4.61. The molecule has 0 radical (unpaired) electrons. The summed E-state index contributed by atoms with van der Waals surface area (Å²) in [5.41, 5.74) is 2.19. The van der Waals surface area contributed by atoms with Crippen molar-refractivity contribution in [2.75, 3.05) is 0 Å². The van der Waals surface area contributed by atoms with Crippen LogP contribution in [0.3, 0.4) is 0 Å². The summed E-state index contributed by atoms with van der Waals surface area (Å²) in [6.45, 7) is 5.17. The van der Waals surface area contributed by atoms with Gasteiger partial charge in [-0.2, -0.15) is 5.10 Å². The molecule has 1 N–H and O–H groups in total. The summed E-state index contributed by atoms with van der Waals surface area (Å²) < 4.78 is 1.60. The fourth-order valence-corrected chi connectivity index (χ4v) is 2.06. The van der Waals surface area contributed by atoms with Crippen LogP contribution in [0.1, 0.15) is 18.2 Å². The minimum absolute atomic E-state index is 0.142. The minimum Gasteiger partial charge on any atom is -0.478 e. The van der Waals surface area contributed by atoms with Crippen LogP contribution in [-0.2, 0) is 11.2 Å². The summed E-state index contributed by atoms with van der Waals surface area (Å²) in [6, 6.07) is 11.8. The third kappa shape index (κ3) is 3.58. The van der Waals surface area contributed by atoms with Gasteiger partial charge < -0.3 is 5.11 Å². The quantitative estimate of drug-likeness (QED) is 0.506. The van der Waals surface area contributed by atoms with E-state index >= 15 is 0 Å². The van der Waals surface area contributed by atoms with Crippen LogP contribution < -0.4 is 0 Å². The summed E-state index contributed by atoms with van der Waals surface area (Å²) in [5.74, 6) is -0.633. The Morgan fingerprint density at radius 2 is 2.09 bits per heavy atom. The van der Waals surface area contributed by atoms with Crippen molar-refractivity contribution in [3.8, 4) is 0 Å². The van der Waals surface area contributed by atoms with Gasteiger partial charge in [0.2, 0.25) is 0 Å². The average molecular weight is 295 g/mol. The Bertz CT molecular complexity index is 727. The Morgan fingerprint density at radius 3 is 2.68 bits per heavy atom. The maximum atomic E-state index is 11.1. The van der Waals surface area contributed by atoms with E-state index in [1.54, 1.807) is 17.8 Å². The van der Waals surface area contributed by atoms with E-state index in [1.807, 2.05) is 36.4 Å². The van der Waals surface area contributed by atoms with Gasteiger partial charge in [0.15, 0.2) is 5.82 Å². The topological polar surface area (TPSA) is 67.5 Å². The van der Waals surface area contributed by atoms with Gasteiger partial charge in [-0.25, -0.2) is 14.5 Å². The molecule has 0 amide bonds. The predicted molar refractivity (Wildman–Crippen MR) is 86.7 cm³/mol. The number of carboxylic acid groups (broad SMARTS) is 1. The number of hydrogen-bond donors (Lipinski definition) is 1. The first kappa shape index (κ1) is 15.4. The average Bonchev–Trinajstić information content (AvgIpc) is 2.97. The molecule has 112 valence electrons. The number of carbonyl (C=O) groups is 1. The Hall–Kier alpha value is -2.95. The van der Waals surface area contributed by atoms with Crippen molar-refractivity contribution in [1.82, 2.24) is 9.78 Å². The number of rotatable bonds is 6. The molecule has 1 heterocycles. The zero-order chi connectivity index (χ0) is 15.9. The monoisotopic (exact) mass is 295 g/mol. The molecule has 5 heteroatoms. The number of nitrogens with zero attached hydrogens (tertiary/aromatic N) is 3. The Labute approximate surface area is 128 Å². The number of allylic oxidation sites excluding steroid dienone is 1. The first-order chi connectivity index (χ1) is 10.7. The maximum Gasteiger partial charge on any atom is 0.335 e. The van der Waals surface area contributed by atoms with E-state index < -0.39 is 5.97 Å². The maximum absolute atomic E-state index is 11.1. The predicted octanol–water partition coefficient (Wildman–Crippen LogP) is 3.00. The Balaban J connectivity index is 2.36. The molecule has 1 aromatic carbocycles. The zero-order valence-electron chi connectivity index (χ0n) is 12.3. The van der Waals surface area contributed by atoms with Crippen LogP contribution in [0.2, 0.25) is 0 Å². The van der Waals surface area contributed by atoms with E-state index in [9.17, 15) is 4.79 Å². The Kier molecular flexibility index (Phi) is 5.03.